The predicted molar refractivity (Wildman–Crippen MR) is 66.9 cm³/mol. The number of alkyl halides is 2. The van der Waals surface area contributed by atoms with E-state index in [1.54, 1.807) is 24.3 Å². The summed E-state index contributed by atoms with van der Waals surface area (Å²) in [6.07, 6.45) is -3.82. The minimum Gasteiger partial charge on any atom is -0.497 e. The number of ether oxygens (including phenoxy) is 1. The van der Waals surface area contributed by atoms with E-state index in [0.717, 1.165) is 0 Å². The van der Waals surface area contributed by atoms with Gasteiger partial charge < -0.3 is 15.2 Å². The molecule has 1 aromatic carbocycles. The maximum absolute atomic E-state index is 12.2. The van der Waals surface area contributed by atoms with Crippen LogP contribution in [0.1, 0.15) is 12.0 Å². The maximum Gasteiger partial charge on any atom is 0.326 e. The average Bonchev–Trinajstić information content (AvgIpc) is 2.37. The SMILES string of the molecule is COc1cccc(CC(=O)NC(CC(F)F)C(=O)O)c1. The molecule has 0 fully saturated rings. The molecule has 1 aromatic rings. The van der Waals surface area contributed by atoms with Crippen LogP contribution in [0.3, 0.4) is 0 Å². The summed E-state index contributed by atoms with van der Waals surface area (Å²) in [5.41, 5.74) is 0.600. The molecule has 7 heteroatoms. The van der Waals surface area contributed by atoms with E-state index in [4.69, 9.17) is 9.84 Å². The number of rotatable bonds is 7. The van der Waals surface area contributed by atoms with Crippen molar-refractivity contribution in [3.05, 3.63) is 29.8 Å². The van der Waals surface area contributed by atoms with E-state index in [2.05, 4.69) is 5.32 Å². The van der Waals surface area contributed by atoms with E-state index in [-0.39, 0.29) is 6.42 Å². The third kappa shape index (κ3) is 5.21. The molecule has 0 aromatic heterocycles. The van der Waals surface area contributed by atoms with Crippen molar-refractivity contribution in [3.8, 4) is 5.75 Å². The fourth-order valence-corrected chi connectivity index (χ4v) is 1.61. The normalized spacial score (nSPS) is 12.0. The number of methoxy groups -OCH3 is 1. The second-order valence-corrected chi connectivity index (χ2v) is 4.11. The molecule has 0 saturated carbocycles. The molecule has 20 heavy (non-hydrogen) atoms. The summed E-state index contributed by atoms with van der Waals surface area (Å²) in [4.78, 5) is 22.4. The Kier molecular flexibility index (Phi) is 5.89. The van der Waals surface area contributed by atoms with Crippen molar-refractivity contribution in [2.45, 2.75) is 25.3 Å². The van der Waals surface area contributed by atoms with E-state index in [0.29, 0.717) is 11.3 Å². The van der Waals surface area contributed by atoms with E-state index in [1.165, 1.54) is 7.11 Å². The Bertz CT molecular complexity index is 479. The van der Waals surface area contributed by atoms with Gasteiger partial charge in [-0.2, -0.15) is 0 Å². The molecule has 0 aliphatic rings. The summed E-state index contributed by atoms with van der Waals surface area (Å²) in [5, 5.41) is 10.8. The van der Waals surface area contributed by atoms with Crippen molar-refractivity contribution in [3.63, 3.8) is 0 Å². The van der Waals surface area contributed by atoms with Crippen molar-refractivity contribution < 1.29 is 28.2 Å². The molecule has 2 N–H and O–H groups in total. The van der Waals surface area contributed by atoms with Crippen LogP contribution in [0.4, 0.5) is 8.78 Å². The van der Waals surface area contributed by atoms with Gasteiger partial charge in [0, 0.05) is 6.42 Å². The Balaban J connectivity index is 2.63. The number of benzene rings is 1. The molecule has 1 atom stereocenters. The fraction of sp³-hybridized carbons (Fsp3) is 0.385. The van der Waals surface area contributed by atoms with E-state index >= 15 is 0 Å². The van der Waals surface area contributed by atoms with Crippen LogP contribution in [0.25, 0.3) is 0 Å². The molecule has 5 nitrogen and oxygen atoms in total. The highest BCUT2D eigenvalue weighted by Gasteiger charge is 2.24. The molecule has 1 unspecified atom stereocenters. The molecule has 1 amide bonds. The Morgan fingerprint density at radius 3 is 2.65 bits per heavy atom. The largest absolute Gasteiger partial charge is 0.497 e. The molecule has 0 spiro atoms. The van der Waals surface area contributed by atoms with Crippen LogP contribution in [0.15, 0.2) is 24.3 Å². The van der Waals surface area contributed by atoms with Crippen LogP contribution in [0, 0.1) is 0 Å². The third-order valence-corrected chi connectivity index (χ3v) is 2.55. The molecule has 0 heterocycles. The van der Waals surface area contributed by atoms with E-state index in [1.807, 2.05) is 0 Å². The van der Waals surface area contributed by atoms with Crippen molar-refractivity contribution in [2.24, 2.45) is 0 Å². The first-order valence-electron chi connectivity index (χ1n) is 5.85. The van der Waals surface area contributed by atoms with Gasteiger partial charge in [-0.15, -0.1) is 0 Å². The summed E-state index contributed by atoms with van der Waals surface area (Å²) in [6.45, 7) is 0. The highest BCUT2D eigenvalue weighted by molar-refractivity contribution is 5.84. The van der Waals surface area contributed by atoms with Crippen LogP contribution >= 0.6 is 0 Å². The summed E-state index contributed by atoms with van der Waals surface area (Å²) in [6, 6.07) is 5.05. The van der Waals surface area contributed by atoms with Gasteiger partial charge in [-0.1, -0.05) is 12.1 Å². The van der Waals surface area contributed by atoms with Gasteiger partial charge in [0.1, 0.15) is 11.8 Å². The number of carboxylic acids is 1. The van der Waals surface area contributed by atoms with Crippen molar-refractivity contribution in [1.29, 1.82) is 0 Å². The lowest BCUT2D eigenvalue weighted by Gasteiger charge is -2.14. The number of hydrogen-bond donors (Lipinski definition) is 2. The number of halogens is 2. The van der Waals surface area contributed by atoms with Crippen LogP contribution < -0.4 is 10.1 Å². The fourth-order valence-electron chi connectivity index (χ4n) is 1.61. The van der Waals surface area contributed by atoms with Gasteiger partial charge in [0.25, 0.3) is 0 Å². The first-order chi connectivity index (χ1) is 9.42. The minimum atomic E-state index is -2.80. The molecule has 0 aliphatic carbocycles. The molecule has 0 bridgehead atoms. The number of aliphatic carboxylic acids is 1. The summed E-state index contributed by atoms with van der Waals surface area (Å²) >= 11 is 0. The number of carboxylic acid groups (broad SMARTS) is 1. The standard InChI is InChI=1S/C13H15F2NO4/c1-20-9-4-2-3-8(5-9)6-12(17)16-10(13(18)19)7-11(14)15/h2-5,10-11H,6-7H2,1H3,(H,16,17)(H,18,19). The predicted octanol–water partition coefficient (Wildman–Crippen LogP) is 1.46. The number of nitrogens with one attached hydrogen (secondary N) is 1. The smallest absolute Gasteiger partial charge is 0.326 e. The molecule has 1 rings (SSSR count). The Hall–Kier alpha value is -2.18. The summed E-state index contributed by atoms with van der Waals surface area (Å²) < 4.78 is 29.4. The Labute approximate surface area is 114 Å². The number of hydrogen-bond acceptors (Lipinski definition) is 3. The molecule has 110 valence electrons. The van der Waals surface area contributed by atoms with Gasteiger partial charge in [-0.25, -0.2) is 13.6 Å². The lowest BCUT2D eigenvalue weighted by atomic mass is 10.1. The van der Waals surface area contributed by atoms with Gasteiger partial charge in [0.15, 0.2) is 0 Å². The minimum absolute atomic E-state index is 0.107. The van der Waals surface area contributed by atoms with Crippen molar-refractivity contribution >= 4 is 11.9 Å². The van der Waals surface area contributed by atoms with Crippen LogP contribution in [0.2, 0.25) is 0 Å². The van der Waals surface area contributed by atoms with Gasteiger partial charge >= 0.3 is 5.97 Å². The van der Waals surface area contributed by atoms with Crippen molar-refractivity contribution in [2.75, 3.05) is 7.11 Å². The molecule has 0 aliphatic heterocycles. The highest BCUT2D eigenvalue weighted by Crippen LogP contribution is 2.13. The molecular weight excluding hydrogens is 272 g/mol. The third-order valence-electron chi connectivity index (χ3n) is 2.55. The molecule has 0 radical (unpaired) electrons. The zero-order chi connectivity index (χ0) is 15.1. The quantitative estimate of drug-likeness (QED) is 0.796. The topological polar surface area (TPSA) is 75.6 Å². The Morgan fingerprint density at radius 2 is 2.10 bits per heavy atom. The van der Waals surface area contributed by atoms with Gasteiger partial charge in [0.2, 0.25) is 12.3 Å². The lowest BCUT2D eigenvalue weighted by molar-refractivity contribution is -0.142. The number of amides is 1. The molecular formula is C13H15F2NO4. The number of carbonyl (C=O) groups excluding carboxylic acids is 1. The second kappa shape index (κ2) is 7.42. The zero-order valence-electron chi connectivity index (χ0n) is 10.8. The zero-order valence-corrected chi connectivity index (χ0v) is 10.8. The van der Waals surface area contributed by atoms with Crippen LogP contribution in [-0.4, -0.2) is 36.6 Å². The van der Waals surface area contributed by atoms with Crippen molar-refractivity contribution in [1.82, 2.24) is 5.32 Å². The van der Waals surface area contributed by atoms with Gasteiger partial charge in [-0.3, -0.25) is 4.79 Å². The van der Waals surface area contributed by atoms with Crippen LogP contribution in [0.5, 0.6) is 5.75 Å². The van der Waals surface area contributed by atoms with Gasteiger partial charge in [-0.05, 0) is 17.7 Å². The lowest BCUT2D eigenvalue weighted by Crippen LogP contribution is -2.42. The highest BCUT2D eigenvalue weighted by atomic mass is 19.3. The van der Waals surface area contributed by atoms with Crippen LogP contribution in [-0.2, 0) is 16.0 Å². The maximum atomic E-state index is 12.2. The second-order valence-electron chi connectivity index (χ2n) is 4.11. The van der Waals surface area contributed by atoms with E-state index in [9.17, 15) is 18.4 Å². The first-order valence-corrected chi connectivity index (χ1v) is 5.85. The monoisotopic (exact) mass is 287 g/mol. The van der Waals surface area contributed by atoms with Gasteiger partial charge in [0.05, 0.1) is 13.5 Å². The first kappa shape index (κ1) is 15.9. The summed E-state index contributed by atoms with van der Waals surface area (Å²) in [5.74, 6) is -1.56. The Morgan fingerprint density at radius 1 is 1.40 bits per heavy atom. The van der Waals surface area contributed by atoms with E-state index < -0.39 is 30.8 Å². The molecule has 0 saturated heterocycles. The number of carbonyl (C=O) groups is 2. The average molecular weight is 287 g/mol. The summed E-state index contributed by atoms with van der Waals surface area (Å²) in [7, 11) is 1.47.